The maximum absolute atomic E-state index is 10.3. The van der Waals surface area contributed by atoms with Gasteiger partial charge in [0.2, 0.25) is 0 Å². The molecule has 0 amide bonds. The van der Waals surface area contributed by atoms with Crippen LogP contribution in [0, 0.1) is 0 Å². The molecule has 144 valence electrons. The molecule has 0 atom stereocenters. The third kappa shape index (κ3) is 9.86. The fourth-order valence-corrected chi connectivity index (χ4v) is 3.14. The minimum atomic E-state index is -0.995. The Kier molecular flexibility index (Phi) is 13.5. The second-order valence-electron chi connectivity index (χ2n) is 6.67. The van der Waals surface area contributed by atoms with Gasteiger partial charge in [0, 0.05) is 0 Å². The lowest BCUT2D eigenvalue weighted by Crippen LogP contribution is -2.49. The van der Waals surface area contributed by atoms with Crippen LogP contribution in [0.4, 0.5) is 0 Å². The zero-order valence-corrected chi connectivity index (χ0v) is 17.3. The number of rotatable bonds is 11. The lowest BCUT2D eigenvalue weighted by Gasteiger charge is -2.38. The molecule has 0 radical (unpaired) electrons. The van der Waals surface area contributed by atoms with Gasteiger partial charge in [0.05, 0.1) is 36.8 Å². The summed E-state index contributed by atoms with van der Waals surface area (Å²) in [5, 5.41) is 8.75. The first-order valence-electron chi connectivity index (χ1n) is 9.79. The molecular weight excluding hydrogens is 334 g/mol. The molecule has 0 unspecified atom stereocenters. The van der Waals surface area contributed by atoms with E-state index >= 15 is 0 Å². The predicted octanol–water partition coefficient (Wildman–Crippen LogP) is 6.26. The molecular formula is C21H37ClNO2+. The van der Waals surface area contributed by atoms with Gasteiger partial charge in [-0.15, -0.1) is 0 Å². The van der Waals surface area contributed by atoms with E-state index in [0.717, 1.165) is 0 Å². The van der Waals surface area contributed by atoms with Crippen molar-refractivity contribution in [2.45, 2.75) is 66.2 Å². The SMILES string of the molecule is CCCC[N+](CC)(CCCC)CCCC.O=C(O)c1ccccc1Cl. The lowest BCUT2D eigenvalue weighted by atomic mass is 10.1. The van der Waals surface area contributed by atoms with Crippen molar-refractivity contribution in [2.75, 3.05) is 26.2 Å². The van der Waals surface area contributed by atoms with Crippen molar-refractivity contribution in [2.24, 2.45) is 0 Å². The summed E-state index contributed by atoms with van der Waals surface area (Å²) in [5.41, 5.74) is 0.143. The van der Waals surface area contributed by atoms with Crippen LogP contribution in [0.1, 0.15) is 76.6 Å². The highest BCUT2D eigenvalue weighted by Crippen LogP contribution is 2.14. The third-order valence-electron chi connectivity index (χ3n) is 4.73. The first-order valence-corrected chi connectivity index (χ1v) is 10.2. The van der Waals surface area contributed by atoms with Crippen molar-refractivity contribution in [3.8, 4) is 0 Å². The fourth-order valence-electron chi connectivity index (χ4n) is 2.92. The number of benzene rings is 1. The maximum Gasteiger partial charge on any atom is 0.337 e. The van der Waals surface area contributed by atoms with Gasteiger partial charge in [-0.25, -0.2) is 4.79 Å². The highest BCUT2D eigenvalue weighted by molar-refractivity contribution is 6.33. The molecule has 0 bridgehead atoms. The number of unbranched alkanes of at least 4 members (excludes halogenated alkanes) is 3. The molecule has 0 aliphatic carbocycles. The Morgan fingerprint density at radius 1 is 0.920 bits per heavy atom. The predicted molar refractivity (Wildman–Crippen MR) is 109 cm³/mol. The summed E-state index contributed by atoms with van der Waals surface area (Å²) in [6.07, 6.45) is 8.25. The van der Waals surface area contributed by atoms with Gasteiger partial charge in [-0.3, -0.25) is 0 Å². The zero-order valence-electron chi connectivity index (χ0n) is 16.6. The summed E-state index contributed by atoms with van der Waals surface area (Å²) in [6, 6.07) is 6.33. The number of hydrogen-bond acceptors (Lipinski definition) is 1. The van der Waals surface area contributed by atoms with Crippen LogP contribution in [0.3, 0.4) is 0 Å². The molecule has 25 heavy (non-hydrogen) atoms. The first-order chi connectivity index (χ1) is 12.0. The van der Waals surface area contributed by atoms with Gasteiger partial charge in [-0.2, -0.15) is 0 Å². The zero-order chi connectivity index (χ0) is 19.1. The van der Waals surface area contributed by atoms with Crippen LogP contribution in [0.15, 0.2) is 24.3 Å². The minimum Gasteiger partial charge on any atom is -0.478 e. The van der Waals surface area contributed by atoms with E-state index in [0.29, 0.717) is 0 Å². The van der Waals surface area contributed by atoms with E-state index < -0.39 is 5.97 Å². The molecule has 0 saturated heterocycles. The van der Waals surface area contributed by atoms with E-state index in [9.17, 15) is 4.79 Å². The second kappa shape index (κ2) is 14.1. The van der Waals surface area contributed by atoms with Crippen LogP contribution in [0.2, 0.25) is 5.02 Å². The van der Waals surface area contributed by atoms with Crippen LogP contribution in [0.25, 0.3) is 0 Å². The van der Waals surface area contributed by atoms with Crippen LogP contribution >= 0.6 is 11.6 Å². The van der Waals surface area contributed by atoms with E-state index in [1.807, 2.05) is 0 Å². The molecule has 0 aliphatic rings. The topological polar surface area (TPSA) is 37.3 Å². The normalized spacial score (nSPS) is 10.9. The summed E-state index contributed by atoms with van der Waals surface area (Å²) in [7, 11) is 0. The largest absolute Gasteiger partial charge is 0.478 e. The van der Waals surface area contributed by atoms with Crippen LogP contribution < -0.4 is 0 Å². The van der Waals surface area contributed by atoms with E-state index in [-0.39, 0.29) is 10.6 Å². The molecule has 0 saturated carbocycles. The number of hydrogen-bond donors (Lipinski definition) is 1. The van der Waals surface area contributed by atoms with Gasteiger partial charge in [0.15, 0.2) is 0 Å². The van der Waals surface area contributed by atoms with Gasteiger partial charge in [0.1, 0.15) is 0 Å². The molecule has 3 nitrogen and oxygen atoms in total. The van der Waals surface area contributed by atoms with Crippen LogP contribution in [-0.4, -0.2) is 41.7 Å². The summed E-state index contributed by atoms with van der Waals surface area (Å²) >= 11 is 5.54. The molecule has 4 heteroatoms. The Hall–Kier alpha value is -1.06. The molecule has 0 aromatic heterocycles. The highest BCUT2D eigenvalue weighted by atomic mass is 35.5. The van der Waals surface area contributed by atoms with Gasteiger partial charge in [0.25, 0.3) is 0 Å². The number of carbonyl (C=O) groups is 1. The average Bonchev–Trinajstić information content (AvgIpc) is 2.62. The van der Waals surface area contributed by atoms with E-state index in [1.165, 1.54) is 75.3 Å². The Morgan fingerprint density at radius 2 is 1.36 bits per heavy atom. The fraction of sp³-hybridized carbons (Fsp3) is 0.667. The minimum absolute atomic E-state index is 0.143. The van der Waals surface area contributed by atoms with Crippen LogP contribution in [0.5, 0.6) is 0 Å². The van der Waals surface area contributed by atoms with Crippen molar-refractivity contribution >= 4 is 17.6 Å². The lowest BCUT2D eigenvalue weighted by molar-refractivity contribution is -0.927. The van der Waals surface area contributed by atoms with E-state index in [2.05, 4.69) is 27.7 Å². The molecule has 1 rings (SSSR count). The molecule has 1 aromatic rings. The molecule has 1 aromatic carbocycles. The highest BCUT2D eigenvalue weighted by Gasteiger charge is 2.22. The summed E-state index contributed by atoms with van der Waals surface area (Å²) in [6.45, 7) is 14.9. The van der Waals surface area contributed by atoms with Gasteiger partial charge < -0.3 is 9.59 Å². The Bertz CT molecular complexity index is 455. The Morgan fingerprint density at radius 3 is 1.64 bits per heavy atom. The van der Waals surface area contributed by atoms with Crippen molar-refractivity contribution in [3.63, 3.8) is 0 Å². The summed E-state index contributed by atoms with van der Waals surface area (Å²) < 4.78 is 1.38. The number of carboxylic acids is 1. The molecule has 0 fully saturated rings. The van der Waals surface area contributed by atoms with Gasteiger partial charge in [-0.05, 0) is 38.3 Å². The van der Waals surface area contributed by atoms with E-state index in [4.69, 9.17) is 16.7 Å². The van der Waals surface area contributed by atoms with Crippen LogP contribution in [-0.2, 0) is 0 Å². The molecule has 0 spiro atoms. The quantitative estimate of drug-likeness (QED) is 0.466. The number of quaternary nitrogens is 1. The third-order valence-corrected chi connectivity index (χ3v) is 5.06. The summed E-state index contributed by atoms with van der Waals surface area (Å²) in [5.74, 6) is -0.995. The summed E-state index contributed by atoms with van der Waals surface area (Å²) in [4.78, 5) is 10.3. The van der Waals surface area contributed by atoms with Crippen molar-refractivity contribution in [1.82, 2.24) is 0 Å². The maximum atomic E-state index is 10.3. The number of aromatic carboxylic acids is 1. The first kappa shape index (κ1) is 23.9. The smallest absolute Gasteiger partial charge is 0.337 e. The standard InChI is InChI=1S/C14H32N.C7H5ClO2/c1-5-9-12-15(8-4,13-10-6-2)14-11-7-3;8-6-4-2-1-3-5(6)7(9)10/h5-14H2,1-4H3;1-4H,(H,9,10)/q+1;. The average molecular weight is 371 g/mol. The Labute approximate surface area is 159 Å². The van der Waals surface area contributed by atoms with E-state index in [1.54, 1.807) is 18.2 Å². The molecule has 0 aliphatic heterocycles. The van der Waals surface area contributed by atoms with Crippen molar-refractivity contribution in [1.29, 1.82) is 0 Å². The van der Waals surface area contributed by atoms with Crippen molar-refractivity contribution in [3.05, 3.63) is 34.9 Å². The number of nitrogens with zero attached hydrogens (tertiary/aromatic N) is 1. The Balaban J connectivity index is 0.000000496. The molecule has 1 N–H and O–H groups in total. The number of carboxylic acid groups (broad SMARTS) is 1. The monoisotopic (exact) mass is 370 g/mol. The molecule has 0 heterocycles. The number of halogens is 1. The van der Waals surface area contributed by atoms with Crippen molar-refractivity contribution < 1.29 is 14.4 Å². The second-order valence-corrected chi connectivity index (χ2v) is 7.08. The van der Waals surface area contributed by atoms with Gasteiger partial charge in [-0.1, -0.05) is 63.8 Å². The van der Waals surface area contributed by atoms with Gasteiger partial charge >= 0.3 is 5.97 Å².